The molecular formula is C14H21N3O2S. The summed E-state index contributed by atoms with van der Waals surface area (Å²) < 4.78 is 28.9. The molecule has 0 saturated heterocycles. The minimum atomic E-state index is -3.38. The van der Waals surface area contributed by atoms with Crippen molar-refractivity contribution in [2.24, 2.45) is 0 Å². The van der Waals surface area contributed by atoms with Crippen LogP contribution in [0, 0.1) is 0 Å². The number of fused-ring (bicyclic) bond motifs is 1. The lowest BCUT2D eigenvalue weighted by molar-refractivity contribution is 0.577. The Hall–Kier alpha value is -1.11. The largest absolute Gasteiger partial charge is 0.313 e. The molecule has 6 heteroatoms. The van der Waals surface area contributed by atoms with E-state index >= 15 is 0 Å². The fraction of sp³-hybridized carbons (Fsp3) is 0.571. The molecule has 5 nitrogen and oxygen atoms in total. The van der Waals surface area contributed by atoms with Gasteiger partial charge in [0, 0.05) is 18.6 Å². The summed E-state index contributed by atoms with van der Waals surface area (Å²) in [5.74, 6) is 0. The van der Waals surface area contributed by atoms with Crippen LogP contribution in [0.15, 0.2) is 18.2 Å². The quantitative estimate of drug-likeness (QED) is 0.861. The van der Waals surface area contributed by atoms with Gasteiger partial charge in [-0.2, -0.15) is 13.1 Å². The summed E-state index contributed by atoms with van der Waals surface area (Å²) >= 11 is 0. The highest BCUT2D eigenvalue weighted by Gasteiger charge is 2.34. The third-order valence-corrected chi connectivity index (χ3v) is 5.66. The Morgan fingerprint density at radius 3 is 2.75 bits per heavy atom. The van der Waals surface area contributed by atoms with E-state index in [9.17, 15) is 8.42 Å². The topological polar surface area (TPSA) is 61.4 Å². The Balaban J connectivity index is 1.86. The third kappa shape index (κ3) is 2.55. The first-order chi connectivity index (χ1) is 9.51. The van der Waals surface area contributed by atoms with Crippen molar-refractivity contribution in [3.05, 3.63) is 29.3 Å². The van der Waals surface area contributed by atoms with E-state index in [0.29, 0.717) is 6.54 Å². The van der Waals surface area contributed by atoms with Gasteiger partial charge in [-0.3, -0.25) is 4.31 Å². The van der Waals surface area contributed by atoms with Crippen LogP contribution < -0.4 is 14.3 Å². The molecule has 1 fully saturated rings. The summed E-state index contributed by atoms with van der Waals surface area (Å²) in [6.45, 7) is 2.63. The average molecular weight is 295 g/mol. The van der Waals surface area contributed by atoms with Crippen LogP contribution in [0.25, 0.3) is 0 Å². The van der Waals surface area contributed by atoms with Crippen LogP contribution in [-0.2, 0) is 16.6 Å². The van der Waals surface area contributed by atoms with Crippen LogP contribution in [-0.4, -0.2) is 28.1 Å². The van der Waals surface area contributed by atoms with E-state index in [1.807, 2.05) is 19.2 Å². The van der Waals surface area contributed by atoms with Crippen LogP contribution in [0.4, 0.5) is 5.69 Å². The monoisotopic (exact) mass is 295 g/mol. The normalized spacial score (nSPS) is 20.0. The molecule has 1 saturated carbocycles. The van der Waals surface area contributed by atoms with Gasteiger partial charge < -0.3 is 5.32 Å². The fourth-order valence-corrected chi connectivity index (χ4v) is 4.11. The molecule has 1 aliphatic carbocycles. The molecule has 0 radical (unpaired) electrons. The fourth-order valence-electron chi connectivity index (χ4n) is 2.55. The first kappa shape index (κ1) is 13.9. The summed E-state index contributed by atoms with van der Waals surface area (Å²) in [5, 5.41) is 3.20. The van der Waals surface area contributed by atoms with Crippen molar-refractivity contribution in [1.29, 1.82) is 0 Å². The summed E-state index contributed by atoms with van der Waals surface area (Å²) in [6.07, 6.45) is 2.70. The molecule has 1 aliphatic heterocycles. The molecule has 1 aromatic carbocycles. The van der Waals surface area contributed by atoms with Gasteiger partial charge in [-0.05, 0) is 50.4 Å². The lowest BCUT2D eigenvalue weighted by Gasteiger charge is -2.20. The van der Waals surface area contributed by atoms with Crippen LogP contribution in [0.3, 0.4) is 0 Å². The second-order valence-electron chi connectivity index (χ2n) is 5.62. The number of benzene rings is 1. The highest BCUT2D eigenvalue weighted by atomic mass is 32.2. The number of hydrogen-bond acceptors (Lipinski definition) is 3. The number of hydrogen-bond donors (Lipinski definition) is 2. The molecule has 0 spiro atoms. The molecule has 0 amide bonds. The van der Waals surface area contributed by atoms with Gasteiger partial charge in [0.05, 0.1) is 5.69 Å². The Labute approximate surface area is 120 Å². The van der Waals surface area contributed by atoms with Crippen molar-refractivity contribution in [3.63, 3.8) is 0 Å². The Morgan fingerprint density at radius 1 is 1.35 bits per heavy atom. The molecule has 2 aliphatic rings. The lowest BCUT2D eigenvalue weighted by Crippen LogP contribution is -2.40. The second kappa shape index (κ2) is 5.02. The van der Waals surface area contributed by atoms with Crippen molar-refractivity contribution >= 4 is 15.9 Å². The highest BCUT2D eigenvalue weighted by Crippen LogP contribution is 2.33. The number of rotatable bonds is 5. The molecule has 2 N–H and O–H groups in total. The molecule has 1 heterocycles. The van der Waals surface area contributed by atoms with Gasteiger partial charge in [0.1, 0.15) is 0 Å². The Morgan fingerprint density at radius 2 is 2.10 bits per heavy atom. The van der Waals surface area contributed by atoms with Crippen LogP contribution in [0.5, 0.6) is 0 Å². The molecular weight excluding hydrogens is 274 g/mol. The third-order valence-electron chi connectivity index (χ3n) is 4.07. The Kier molecular flexibility index (Phi) is 3.48. The minimum absolute atomic E-state index is 0.146. The molecule has 0 bridgehead atoms. The highest BCUT2D eigenvalue weighted by molar-refractivity contribution is 7.90. The summed E-state index contributed by atoms with van der Waals surface area (Å²) in [5.41, 5.74) is 3.14. The standard InChI is InChI=1S/C14H21N3O2S/c1-10(15-2)11-3-6-14-12(9-11)7-8-17(14)20(18,19)16-13-4-5-13/h3,6,9-10,13,15-16H,4-5,7-8H2,1-2H3. The van der Waals surface area contributed by atoms with Gasteiger partial charge in [0.15, 0.2) is 0 Å². The smallest absolute Gasteiger partial charge is 0.301 e. The average Bonchev–Trinajstić information content (AvgIpc) is 3.11. The van der Waals surface area contributed by atoms with Crippen molar-refractivity contribution in [3.8, 4) is 0 Å². The first-order valence-electron chi connectivity index (χ1n) is 7.11. The van der Waals surface area contributed by atoms with Gasteiger partial charge in [-0.1, -0.05) is 12.1 Å². The van der Waals surface area contributed by atoms with E-state index in [1.165, 1.54) is 9.87 Å². The van der Waals surface area contributed by atoms with Crippen LogP contribution >= 0.6 is 0 Å². The predicted octanol–water partition coefficient (Wildman–Crippen LogP) is 1.33. The van der Waals surface area contributed by atoms with Crippen LogP contribution in [0.1, 0.15) is 36.9 Å². The van der Waals surface area contributed by atoms with Gasteiger partial charge >= 0.3 is 10.2 Å². The number of anilines is 1. The predicted molar refractivity (Wildman–Crippen MR) is 80.0 cm³/mol. The molecule has 1 aromatic rings. The molecule has 3 rings (SSSR count). The number of nitrogens with one attached hydrogen (secondary N) is 2. The lowest BCUT2D eigenvalue weighted by atomic mass is 10.0. The van der Waals surface area contributed by atoms with E-state index in [-0.39, 0.29) is 12.1 Å². The van der Waals surface area contributed by atoms with E-state index in [4.69, 9.17) is 0 Å². The zero-order chi connectivity index (χ0) is 14.3. The molecule has 1 atom stereocenters. The Bertz CT molecular complexity index is 611. The van der Waals surface area contributed by atoms with Gasteiger partial charge in [-0.25, -0.2) is 0 Å². The zero-order valence-electron chi connectivity index (χ0n) is 11.9. The van der Waals surface area contributed by atoms with E-state index < -0.39 is 10.2 Å². The second-order valence-corrected chi connectivity index (χ2v) is 7.24. The maximum absolute atomic E-state index is 12.3. The van der Waals surface area contributed by atoms with Gasteiger partial charge in [0.2, 0.25) is 0 Å². The van der Waals surface area contributed by atoms with E-state index in [0.717, 1.165) is 30.5 Å². The summed E-state index contributed by atoms with van der Waals surface area (Å²) in [7, 11) is -1.46. The SMILES string of the molecule is CNC(C)c1ccc2c(c1)CCN2S(=O)(=O)NC1CC1. The van der Waals surface area contributed by atoms with E-state index in [2.05, 4.69) is 23.0 Å². The maximum Gasteiger partial charge on any atom is 0.301 e. The molecule has 0 aromatic heterocycles. The van der Waals surface area contributed by atoms with E-state index in [1.54, 1.807) is 0 Å². The molecule has 110 valence electrons. The van der Waals surface area contributed by atoms with Crippen LogP contribution in [0.2, 0.25) is 0 Å². The first-order valence-corrected chi connectivity index (χ1v) is 8.55. The molecule has 20 heavy (non-hydrogen) atoms. The van der Waals surface area contributed by atoms with Gasteiger partial charge in [0.25, 0.3) is 0 Å². The van der Waals surface area contributed by atoms with Crippen molar-refractivity contribution in [1.82, 2.24) is 10.0 Å². The summed E-state index contributed by atoms with van der Waals surface area (Å²) in [6, 6.07) is 6.47. The van der Waals surface area contributed by atoms with Crippen molar-refractivity contribution < 1.29 is 8.42 Å². The molecule has 1 unspecified atom stereocenters. The van der Waals surface area contributed by atoms with Gasteiger partial charge in [-0.15, -0.1) is 0 Å². The zero-order valence-corrected chi connectivity index (χ0v) is 12.7. The number of nitrogens with zero attached hydrogens (tertiary/aromatic N) is 1. The van der Waals surface area contributed by atoms with Crippen molar-refractivity contribution in [2.75, 3.05) is 17.9 Å². The van der Waals surface area contributed by atoms with Crippen molar-refractivity contribution in [2.45, 2.75) is 38.3 Å². The minimum Gasteiger partial charge on any atom is -0.313 e. The maximum atomic E-state index is 12.3. The summed E-state index contributed by atoms with van der Waals surface area (Å²) in [4.78, 5) is 0.